The molecule has 1 atom stereocenters. The Morgan fingerprint density at radius 2 is 2.07 bits per heavy atom. The molecular weight excluding hydrogens is 362 g/mol. The smallest absolute Gasteiger partial charge is 0.252 e. The minimum Gasteiger partial charge on any atom is -0.376 e. The molecule has 1 saturated heterocycles. The number of pyridine rings is 1. The second kappa shape index (κ2) is 8.27. The quantitative estimate of drug-likeness (QED) is 0.716. The van der Waals surface area contributed by atoms with E-state index in [0.717, 1.165) is 43.2 Å². The van der Waals surface area contributed by atoms with Crippen LogP contribution < -0.4 is 10.6 Å². The zero-order valence-electron chi connectivity index (χ0n) is 15.1. The summed E-state index contributed by atoms with van der Waals surface area (Å²) in [6, 6.07) is 9.70. The fourth-order valence-electron chi connectivity index (χ4n) is 3.13. The van der Waals surface area contributed by atoms with Gasteiger partial charge in [0.2, 0.25) is 5.91 Å². The number of nitrogens with one attached hydrogen (secondary N) is 2. The van der Waals surface area contributed by atoms with Gasteiger partial charge >= 0.3 is 0 Å². The Kier molecular flexibility index (Phi) is 5.59. The molecule has 2 fully saturated rings. The monoisotopic (exact) mass is 385 g/mol. The van der Waals surface area contributed by atoms with Crippen molar-refractivity contribution in [3.05, 3.63) is 35.9 Å². The van der Waals surface area contributed by atoms with Crippen molar-refractivity contribution in [3.8, 4) is 0 Å². The number of rotatable bonds is 7. The lowest BCUT2D eigenvalue weighted by Gasteiger charge is -2.11. The average molecular weight is 385 g/mol. The van der Waals surface area contributed by atoms with Gasteiger partial charge in [-0.25, -0.2) is 4.98 Å². The number of para-hydroxylation sites is 1. The van der Waals surface area contributed by atoms with Crippen molar-refractivity contribution in [1.82, 2.24) is 15.6 Å². The van der Waals surface area contributed by atoms with Gasteiger partial charge in [0.25, 0.3) is 5.91 Å². The van der Waals surface area contributed by atoms with Gasteiger partial charge in [-0.1, -0.05) is 30.0 Å². The van der Waals surface area contributed by atoms with Crippen molar-refractivity contribution in [2.24, 2.45) is 0 Å². The van der Waals surface area contributed by atoms with Gasteiger partial charge in [-0.2, -0.15) is 0 Å². The maximum absolute atomic E-state index is 12.6. The van der Waals surface area contributed by atoms with E-state index in [9.17, 15) is 9.59 Å². The van der Waals surface area contributed by atoms with E-state index in [4.69, 9.17) is 4.74 Å². The van der Waals surface area contributed by atoms with Crippen molar-refractivity contribution in [2.75, 3.05) is 18.9 Å². The molecule has 6 nitrogen and oxygen atoms in total. The van der Waals surface area contributed by atoms with Crippen LogP contribution in [0.1, 0.15) is 36.0 Å². The number of hydrogen-bond donors (Lipinski definition) is 2. The van der Waals surface area contributed by atoms with Gasteiger partial charge in [-0.3, -0.25) is 9.59 Å². The summed E-state index contributed by atoms with van der Waals surface area (Å²) in [4.78, 5) is 29.3. The van der Waals surface area contributed by atoms with Gasteiger partial charge in [0.1, 0.15) is 0 Å². The number of carbonyl (C=O) groups is 2. The molecule has 1 saturated carbocycles. The summed E-state index contributed by atoms with van der Waals surface area (Å²) in [5, 5.41) is 7.47. The highest BCUT2D eigenvalue weighted by Crippen LogP contribution is 2.26. The molecule has 27 heavy (non-hydrogen) atoms. The molecule has 2 aliphatic rings. The van der Waals surface area contributed by atoms with Gasteiger partial charge in [0, 0.05) is 24.6 Å². The summed E-state index contributed by atoms with van der Waals surface area (Å²) >= 11 is 1.35. The zero-order chi connectivity index (χ0) is 18.6. The van der Waals surface area contributed by atoms with Gasteiger partial charge in [-0.05, 0) is 37.8 Å². The number of aromatic nitrogens is 1. The summed E-state index contributed by atoms with van der Waals surface area (Å²) in [7, 11) is 0. The third kappa shape index (κ3) is 4.78. The standard InChI is InChI=1S/C20H23N3O3S/c24-18(21-11-14-4-3-9-26-14)12-27-19-10-16(20(25)22-13-7-8-13)15-5-1-2-6-17(15)23-19/h1-2,5-6,10,13-14H,3-4,7-9,11-12H2,(H,21,24)(H,22,25)/t14-/m1/s1. The molecule has 0 bridgehead atoms. The summed E-state index contributed by atoms with van der Waals surface area (Å²) in [5.74, 6) is 0.150. The normalized spacial score (nSPS) is 19.2. The van der Waals surface area contributed by atoms with E-state index < -0.39 is 0 Å². The molecule has 1 aromatic carbocycles. The predicted octanol–water partition coefficient (Wildman–Crippen LogP) is 2.51. The van der Waals surface area contributed by atoms with Crippen LogP contribution in [0.4, 0.5) is 0 Å². The number of carbonyl (C=O) groups excluding carboxylic acids is 2. The molecule has 2 N–H and O–H groups in total. The van der Waals surface area contributed by atoms with Gasteiger partial charge < -0.3 is 15.4 Å². The summed E-state index contributed by atoms with van der Waals surface area (Å²) in [6.45, 7) is 1.33. The Hall–Kier alpha value is -2.12. The number of thioether (sulfide) groups is 1. The van der Waals surface area contributed by atoms with Crippen LogP contribution in [0.2, 0.25) is 0 Å². The lowest BCUT2D eigenvalue weighted by molar-refractivity contribution is -0.119. The second-order valence-electron chi connectivity index (χ2n) is 7.00. The molecule has 0 spiro atoms. The first-order valence-electron chi connectivity index (χ1n) is 9.41. The average Bonchev–Trinajstić information content (AvgIpc) is 3.34. The van der Waals surface area contributed by atoms with Crippen LogP contribution in [-0.2, 0) is 9.53 Å². The number of amides is 2. The van der Waals surface area contributed by atoms with Crippen LogP contribution in [0.3, 0.4) is 0 Å². The van der Waals surface area contributed by atoms with Crippen molar-refractivity contribution < 1.29 is 14.3 Å². The van der Waals surface area contributed by atoms with E-state index in [1.54, 1.807) is 6.07 Å². The highest BCUT2D eigenvalue weighted by atomic mass is 32.2. The van der Waals surface area contributed by atoms with Crippen molar-refractivity contribution >= 4 is 34.5 Å². The Labute approximate surface area is 162 Å². The molecule has 1 aliphatic carbocycles. The Morgan fingerprint density at radius 3 is 2.85 bits per heavy atom. The molecule has 4 rings (SSSR count). The Bertz CT molecular complexity index is 847. The van der Waals surface area contributed by atoms with Crippen LogP contribution in [0.15, 0.2) is 35.4 Å². The largest absolute Gasteiger partial charge is 0.376 e. The van der Waals surface area contributed by atoms with Gasteiger partial charge in [-0.15, -0.1) is 0 Å². The van der Waals surface area contributed by atoms with Crippen LogP contribution in [0.5, 0.6) is 0 Å². The van der Waals surface area contributed by atoms with Crippen molar-refractivity contribution in [1.29, 1.82) is 0 Å². The van der Waals surface area contributed by atoms with Crippen molar-refractivity contribution in [3.63, 3.8) is 0 Å². The first kappa shape index (κ1) is 18.3. The van der Waals surface area contributed by atoms with E-state index in [0.29, 0.717) is 23.2 Å². The van der Waals surface area contributed by atoms with Gasteiger partial charge in [0.05, 0.1) is 28.0 Å². The molecule has 0 unspecified atom stereocenters. The second-order valence-corrected chi connectivity index (χ2v) is 8.00. The number of hydrogen-bond acceptors (Lipinski definition) is 5. The minimum absolute atomic E-state index is 0.0468. The molecule has 1 aromatic heterocycles. The van der Waals surface area contributed by atoms with E-state index in [-0.39, 0.29) is 23.7 Å². The maximum Gasteiger partial charge on any atom is 0.252 e. The molecule has 1 aliphatic heterocycles. The van der Waals surface area contributed by atoms with Gasteiger partial charge in [0.15, 0.2) is 0 Å². The fraction of sp³-hybridized carbons (Fsp3) is 0.450. The van der Waals surface area contributed by atoms with Crippen LogP contribution in [0, 0.1) is 0 Å². The molecule has 142 valence electrons. The lowest BCUT2D eigenvalue weighted by atomic mass is 10.1. The molecule has 7 heteroatoms. The van der Waals surface area contributed by atoms with Crippen molar-refractivity contribution in [2.45, 2.75) is 42.9 Å². The lowest BCUT2D eigenvalue weighted by Crippen LogP contribution is -2.32. The highest BCUT2D eigenvalue weighted by Gasteiger charge is 2.25. The van der Waals surface area contributed by atoms with E-state index >= 15 is 0 Å². The summed E-state index contributed by atoms with van der Waals surface area (Å²) in [6.07, 6.45) is 4.28. The topological polar surface area (TPSA) is 80.3 Å². The summed E-state index contributed by atoms with van der Waals surface area (Å²) < 4.78 is 5.51. The fourth-order valence-corrected chi connectivity index (χ4v) is 3.87. The first-order valence-corrected chi connectivity index (χ1v) is 10.4. The minimum atomic E-state index is -0.0687. The predicted molar refractivity (Wildman–Crippen MR) is 105 cm³/mol. The van der Waals surface area contributed by atoms with E-state index in [2.05, 4.69) is 15.6 Å². The number of fused-ring (bicyclic) bond motifs is 1. The first-order chi connectivity index (χ1) is 13.2. The zero-order valence-corrected chi connectivity index (χ0v) is 15.9. The maximum atomic E-state index is 12.6. The molecule has 2 aromatic rings. The highest BCUT2D eigenvalue weighted by molar-refractivity contribution is 7.99. The Morgan fingerprint density at radius 1 is 1.22 bits per heavy atom. The van der Waals surface area contributed by atoms with E-state index in [1.165, 1.54) is 11.8 Å². The third-order valence-corrected chi connectivity index (χ3v) is 5.66. The number of nitrogens with zero attached hydrogens (tertiary/aromatic N) is 1. The molecule has 2 amide bonds. The van der Waals surface area contributed by atoms with Crippen LogP contribution >= 0.6 is 11.8 Å². The summed E-state index contributed by atoms with van der Waals surface area (Å²) in [5.41, 5.74) is 1.39. The third-order valence-electron chi connectivity index (χ3n) is 4.75. The van der Waals surface area contributed by atoms with Crippen LogP contribution in [-0.4, -0.2) is 47.8 Å². The Balaban J connectivity index is 1.43. The number of ether oxygens (including phenoxy) is 1. The van der Waals surface area contributed by atoms with E-state index in [1.807, 2.05) is 24.3 Å². The molecule has 0 radical (unpaired) electrons. The van der Waals surface area contributed by atoms with Crippen LogP contribution in [0.25, 0.3) is 10.9 Å². The molecular formula is C20H23N3O3S. The SMILES string of the molecule is O=C(CSc1cc(C(=O)NC2CC2)c2ccccc2n1)NC[C@H]1CCCO1. The molecule has 2 heterocycles. The number of benzene rings is 1.